The first-order valence-corrected chi connectivity index (χ1v) is 8.82. The largest absolute Gasteiger partial charge is 0.419 e. The number of aryl methyl sites for hydroxylation is 1. The molecule has 140 valence electrons. The number of hydrogen-bond donors (Lipinski definition) is 1. The normalized spacial score (nSPS) is 14.7. The summed E-state index contributed by atoms with van der Waals surface area (Å²) in [6.45, 7) is 2.05. The summed E-state index contributed by atoms with van der Waals surface area (Å²) in [5, 5.41) is 0. The van der Waals surface area contributed by atoms with E-state index in [4.69, 9.17) is 4.42 Å². The van der Waals surface area contributed by atoms with Gasteiger partial charge in [0.1, 0.15) is 5.69 Å². The number of benzene rings is 1. The molecule has 0 spiro atoms. The number of hydrogen-bond acceptors (Lipinski definition) is 4. The maximum Gasteiger partial charge on any atom is 0.419 e. The van der Waals surface area contributed by atoms with E-state index in [1.54, 1.807) is 47.3 Å². The van der Waals surface area contributed by atoms with Gasteiger partial charge in [-0.2, -0.15) is 0 Å². The number of H-pyrrole nitrogens is 1. The summed E-state index contributed by atoms with van der Waals surface area (Å²) in [7, 11) is 1.64. The van der Waals surface area contributed by atoms with Crippen LogP contribution < -0.4 is 5.76 Å². The molecular weight excluding hydrogens is 348 g/mol. The third-order valence-electron chi connectivity index (χ3n) is 4.96. The van der Waals surface area contributed by atoms with Crippen molar-refractivity contribution in [2.24, 2.45) is 7.05 Å². The average Bonchev–Trinajstić information content (AvgIpc) is 3.31. The fraction of sp³-hybridized carbons (Fsp3) is 0.316. The Balaban J connectivity index is 1.39. The Morgan fingerprint density at radius 3 is 2.56 bits per heavy atom. The number of rotatable bonds is 3. The minimum Gasteiger partial charge on any atom is -0.408 e. The van der Waals surface area contributed by atoms with Crippen molar-refractivity contribution in [3.8, 4) is 0 Å². The SMILES string of the molecule is Cn1c(=O)oc2ccc(CC(=O)N3CCN(C(=O)c4ccc[nH]4)CC3)cc21. The number of amides is 2. The zero-order valence-corrected chi connectivity index (χ0v) is 15.0. The highest BCUT2D eigenvalue weighted by Gasteiger charge is 2.25. The van der Waals surface area contributed by atoms with E-state index in [0.717, 1.165) is 5.56 Å². The minimum atomic E-state index is -0.420. The van der Waals surface area contributed by atoms with Crippen LogP contribution in [-0.2, 0) is 18.3 Å². The summed E-state index contributed by atoms with van der Waals surface area (Å²) in [6.07, 6.45) is 1.97. The van der Waals surface area contributed by atoms with Crippen molar-refractivity contribution in [2.45, 2.75) is 6.42 Å². The van der Waals surface area contributed by atoms with Crippen LogP contribution in [-0.4, -0.2) is 57.3 Å². The lowest BCUT2D eigenvalue weighted by molar-refractivity contribution is -0.131. The molecule has 8 heteroatoms. The van der Waals surface area contributed by atoms with Crippen LogP contribution in [0.1, 0.15) is 16.1 Å². The van der Waals surface area contributed by atoms with Gasteiger partial charge in [-0.15, -0.1) is 0 Å². The number of nitrogens with one attached hydrogen (secondary N) is 1. The van der Waals surface area contributed by atoms with Crippen LogP contribution in [0.3, 0.4) is 0 Å². The molecule has 1 aliphatic rings. The molecule has 8 nitrogen and oxygen atoms in total. The molecule has 0 unspecified atom stereocenters. The van der Waals surface area contributed by atoms with Crippen LogP contribution >= 0.6 is 0 Å². The summed E-state index contributed by atoms with van der Waals surface area (Å²) in [5.41, 5.74) is 2.57. The Morgan fingerprint density at radius 2 is 1.85 bits per heavy atom. The minimum absolute atomic E-state index is 0.00909. The van der Waals surface area contributed by atoms with Crippen LogP contribution in [0.15, 0.2) is 45.7 Å². The number of piperazine rings is 1. The zero-order chi connectivity index (χ0) is 19.0. The summed E-state index contributed by atoms with van der Waals surface area (Å²) < 4.78 is 6.54. The lowest BCUT2D eigenvalue weighted by atomic mass is 10.1. The lowest BCUT2D eigenvalue weighted by Crippen LogP contribution is -2.51. The predicted octanol–water partition coefficient (Wildman–Crippen LogP) is 0.987. The molecule has 0 saturated carbocycles. The van der Waals surface area contributed by atoms with Crippen LogP contribution in [0.2, 0.25) is 0 Å². The highest BCUT2D eigenvalue weighted by molar-refractivity contribution is 5.92. The quantitative estimate of drug-likeness (QED) is 0.746. The van der Waals surface area contributed by atoms with Gasteiger partial charge in [-0.05, 0) is 29.8 Å². The first-order chi connectivity index (χ1) is 13.0. The Labute approximate surface area is 155 Å². The zero-order valence-electron chi connectivity index (χ0n) is 15.0. The molecule has 0 aliphatic carbocycles. The Morgan fingerprint density at radius 1 is 1.11 bits per heavy atom. The molecule has 1 aliphatic heterocycles. The summed E-state index contributed by atoms with van der Waals surface area (Å²) >= 11 is 0. The van der Waals surface area contributed by atoms with E-state index in [9.17, 15) is 14.4 Å². The van der Waals surface area contributed by atoms with Gasteiger partial charge in [0.15, 0.2) is 5.58 Å². The van der Waals surface area contributed by atoms with E-state index in [2.05, 4.69) is 4.98 Å². The molecule has 0 atom stereocenters. The maximum atomic E-state index is 12.6. The van der Waals surface area contributed by atoms with Gasteiger partial charge in [0.2, 0.25) is 5.91 Å². The Kier molecular flexibility index (Phi) is 4.31. The molecule has 2 aromatic heterocycles. The van der Waals surface area contributed by atoms with Gasteiger partial charge >= 0.3 is 5.76 Å². The van der Waals surface area contributed by atoms with Gasteiger partial charge in [-0.25, -0.2) is 4.79 Å². The van der Waals surface area contributed by atoms with Crippen LogP contribution in [0, 0.1) is 0 Å². The number of aromatic amines is 1. The highest BCUT2D eigenvalue weighted by Crippen LogP contribution is 2.16. The third-order valence-corrected chi connectivity index (χ3v) is 4.96. The molecule has 27 heavy (non-hydrogen) atoms. The molecule has 1 N–H and O–H groups in total. The second kappa shape index (κ2) is 6.79. The van der Waals surface area contributed by atoms with Gasteiger partial charge in [0.05, 0.1) is 11.9 Å². The number of aromatic nitrogens is 2. The third kappa shape index (κ3) is 3.25. The predicted molar refractivity (Wildman–Crippen MR) is 98.4 cm³/mol. The molecule has 0 radical (unpaired) electrons. The van der Waals surface area contributed by atoms with Crippen molar-refractivity contribution in [3.63, 3.8) is 0 Å². The molecule has 1 aromatic carbocycles. The van der Waals surface area contributed by atoms with E-state index in [1.165, 1.54) is 4.57 Å². The lowest BCUT2D eigenvalue weighted by Gasteiger charge is -2.34. The number of nitrogens with zero attached hydrogens (tertiary/aromatic N) is 3. The first kappa shape index (κ1) is 17.1. The topological polar surface area (TPSA) is 91.6 Å². The average molecular weight is 368 g/mol. The molecule has 3 aromatic rings. The number of oxazole rings is 1. The Hall–Kier alpha value is -3.29. The smallest absolute Gasteiger partial charge is 0.408 e. The monoisotopic (exact) mass is 368 g/mol. The van der Waals surface area contributed by atoms with Crippen LogP contribution in [0.5, 0.6) is 0 Å². The van der Waals surface area contributed by atoms with E-state index in [1.807, 2.05) is 6.07 Å². The van der Waals surface area contributed by atoms with Crippen molar-refractivity contribution >= 4 is 22.9 Å². The van der Waals surface area contributed by atoms with E-state index >= 15 is 0 Å². The molecule has 3 heterocycles. The Bertz CT molecular complexity index is 1040. The summed E-state index contributed by atoms with van der Waals surface area (Å²) in [6, 6.07) is 8.86. The van der Waals surface area contributed by atoms with E-state index in [0.29, 0.717) is 43.0 Å². The molecule has 1 saturated heterocycles. The molecule has 4 rings (SSSR count). The van der Waals surface area contributed by atoms with Crippen molar-refractivity contribution in [1.82, 2.24) is 19.4 Å². The number of carbonyl (C=O) groups excluding carboxylic acids is 2. The van der Waals surface area contributed by atoms with Crippen LogP contribution in [0.4, 0.5) is 0 Å². The van der Waals surface area contributed by atoms with Crippen molar-refractivity contribution in [2.75, 3.05) is 26.2 Å². The van der Waals surface area contributed by atoms with Gasteiger partial charge in [0, 0.05) is 39.4 Å². The van der Waals surface area contributed by atoms with Crippen molar-refractivity contribution < 1.29 is 14.0 Å². The molecular formula is C19H20N4O4. The van der Waals surface area contributed by atoms with E-state index in [-0.39, 0.29) is 18.2 Å². The second-order valence-electron chi connectivity index (χ2n) is 6.66. The van der Waals surface area contributed by atoms with Gasteiger partial charge in [-0.3, -0.25) is 14.2 Å². The standard InChI is InChI=1S/C19H20N4O4/c1-21-15-11-13(4-5-16(15)27-19(21)26)12-17(24)22-7-9-23(10-8-22)18(25)14-3-2-6-20-14/h2-6,11,20H,7-10,12H2,1H3. The highest BCUT2D eigenvalue weighted by atomic mass is 16.4. The van der Waals surface area contributed by atoms with Gasteiger partial charge < -0.3 is 19.2 Å². The molecule has 2 amide bonds. The van der Waals surface area contributed by atoms with Gasteiger partial charge in [0.25, 0.3) is 5.91 Å². The van der Waals surface area contributed by atoms with Crippen molar-refractivity contribution in [1.29, 1.82) is 0 Å². The number of carbonyl (C=O) groups is 2. The fourth-order valence-electron chi connectivity index (χ4n) is 3.36. The maximum absolute atomic E-state index is 12.6. The fourth-order valence-corrected chi connectivity index (χ4v) is 3.36. The molecule has 0 bridgehead atoms. The van der Waals surface area contributed by atoms with Gasteiger partial charge in [-0.1, -0.05) is 6.07 Å². The summed E-state index contributed by atoms with van der Waals surface area (Å²) in [4.78, 5) is 43.0. The molecule has 1 fully saturated rings. The first-order valence-electron chi connectivity index (χ1n) is 8.82. The van der Waals surface area contributed by atoms with E-state index < -0.39 is 5.76 Å². The number of fused-ring (bicyclic) bond motifs is 1. The van der Waals surface area contributed by atoms with Crippen LogP contribution in [0.25, 0.3) is 11.1 Å². The second-order valence-corrected chi connectivity index (χ2v) is 6.66. The summed E-state index contributed by atoms with van der Waals surface area (Å²) in [5.74, 6) is -0.454. The van der Waals surface area contributed by atoms with Crippen molar-refractivity contribution in [3.05, 3.63) is 58.3 Å².